The molecule has 7 heteroatoms. The number of imidazole rings is 1. The average molecular weight is 352 g/mol. The number of nitrogens with one attached hydrogen (secondary N) is 2. The van der Waals surface area contributed by atoms with Crippen molar-refractivity contribution in [3.63, 3.8) is 0 Å². The molecule has 1 aromatic heterocycles. The zero-order chi connectivity index (χ0) is 18.5. The summed E-state index contributed by atoms with van der Waals surface area (Å²) in [5, 5.41) is 2.81. The second-order valence-corrected chi connectivity index (χ2v) is 6.34. The lowest BCUT2D eigenvalue weighted by Crippen LogP contribution is -2.37. The molecule has 3 aromatic rings. The van der Waals surface area contributed by atoms with Gasteiger partial charge in [-0.3, -0.25) is 4.79 Å². The van der Waals surface area contributed by atoms with Gasteiger partial charge in [0.05, 0.1) is 11.0 Å². The van der Waals surface area contributed by atoms with Gasteiger partial charge in [0, 0.05) is 18.3 Å². The lowest BCUT2D eigenvalue weighted by atomic mass is 10.0. The summed E-state index contributed by atoms with van der Waals surface area (Å²) in [5.74, 6) is 0.0129. The molecule has 0 spiro atoms. The molecule has 3 rings (SSSR count). The maximum atomic E-state index is 12.3. The van der Waals surface area contributed by atoms with Gasteiger partial charge in [-0.25, -0.2) is 4.98 Å². The Bertz CT molecular complexity index is 887. The minimum atomic E-state index is -0.265. The number of carbonyl (C=O) groups is 1. The molecule has 0 aliphatic rings. The molecule has 1 amide bonds. The van der Waals surface area contributed by atoms with E-state index in [0.29, 0.717) is 13.1 Å². The molecule has 136 valence electrons. The number of H-pyrrole nitrogens is 1. The number of nitrogen functional groups attached to an aromatic ring is 1. The monoisotopic (exact) mass is 352 g/mol. The van der Waals surface area contributed by atoms with Crippen molar-refractivity contribution in [2.45, 2.75) is 18.9 Å². The number of hydrogen-bond acceptors (Lipinski definition) is 5. The minimum Gasteiger partial charge on any atom is -0.399 e. The van der Waals surface area contributed by atoms with Crippen LogP contribution in [0.25, 0.3) is 22.2 Å². The van der Waals surface area contributed by atoms with Crippen molar-refractivity contribution >= 4 is 22.6 Å². The van der Waals surface area contributed by atoms with Crippen LogP contribution in [0.1, 0.15) is 23.5 Å². The Morgan fingerprint density at radius 3 is 2.62 bits per heavy atom. The summed E-state index contributed by atoms with van der Waals surface area (Å²) >= 11 is 0. The van der Waals surface area contributed by atoms with E-state index in [-0.39, 0.29) is 17.8 Å². The van der Waals surface area contributed by atoms with Crippen molar-refractivity contribution in [1.29, 1.82) is 0 Å². The van der Waals surface area contributed by atoms with Crippen molar-refractivity contribution in [3.05, 3.63) is 48.3 Å². The first-order valence-corrected chi connectivity index (χ1v) is 8.66. The molecule has 0 aliphatic heterocycles. The predicted octanol–water partition coefficient (Wildman–Crippen LogP) is 1.61. The van der Waals surface area contributed by atoms with Crippen molar-refractivity contribution in [1.82, 2.24) is 15.3 Å². The number of hydrogen-bond donors (Lipinski definition) is 5. The molecule has 7 nitrogen and oxygen atoms in total. The molecule has 26 heavy (non-hydrogen) atoms. The summed E-state index contributed by atoms with van der Waals surface area (Å²) in [4.78, 5) is 19.7. The van der Waals surface area contributed by atoms with E-state index in [1.54, 1.807) is 0 Å². The highest BCUT2D eigenvalue weighted by atomic mass is 16.2. The number of aromatic amines is 1. The highest BCUT2D eigenvalue weighted by molar-refractivity contribution is 5.95. The summed E-state index contributed by atoms with van der Waals surface area (Å²) in [5.41, 5.74) is 21.5. The fraction of sp³-hybridized carbons (Fsp3) is 0.263. The average Bonchev–Trinajstić information content (AvgIpc) is 3.08. The zero-order valence-electron chi connectivity index (χ0n) is 14.5. The molecule has 8 N–H and O–H groups in total. The van der Waals surface area contributed by atoms with Crippen LogP contribution in [0.4, 0.5) is 5.69 Å². The maximum absolute atomic E-state index is 12.3. The van der Waals surface area contributed by atoms with E-state index in [1.165, 1.54) is 0 Å². The Morgan fingerprint density at radius 1 is 1.15 bits per heavy atom. The minimum absolute atomic E-state index is 0.107. The van der Waals surface area contributed by atoms with Gasteiger partial charge in [0.25, 0.3) is 5.91 Å². The van der Waals surface area contributed by atoms with Gasteiger partial charge in [0.15, 0.2) is 5.82 Å². The van der Waals surface area contributed by atoms with Crippen LogP contribution >= 0.6 is 0 Å². The van der Waals surface area contributed by atoms with E-state index in [1.807, 2.05) is 42.5 Å². The van der Waals surface area contributed by atoms with Gasteiger partial charge in [0.2, 0.25) is 0 Å². The number of fused-ring (bicyclic) bond motifs is 1. The van der Waals surface area contributed by atoms with Crippen molar-refractivity contribution in [2.75, 3.05) is 18.8 Å². The number of nitrogens with zero attached hydrogens (tertiary/aromatic N) is 1. The first-order chi connectivity index (χ1) is 12.6. The highest BCUT2D eigenvalue weighted by Gasteiger charge is 2.13. The van der Waals surface area contributed by atoms with Crippen LogP contribution < -0.4 is 22.5 Å². The molecule has 0 saturated carbocycles. The molecule has 2 aromatic carbocycles. The fourth-order valence-corrected chi connectivity index (χ4v) is 2.76. The third kappa shape index (κ3) is 4.19. The van der Waals surface area contributed by atoms with E-state index >= 15 is 0 Å². The lowest BCUT2D eigenvalue weighted by molar-refractivity contribution is 0.0941. The van der Waals surface area contributed by atoms with Crippen LogP contribution in [-0.2, 0) is 0 Å². The van der Waals surface area contributed by atoms with Gasteiger partial charge in [-0.05, 0) is 54.8 Å². The van der Waals surface area contributed by atoms with Crippen molar-refractivity contribution < 1.29 is 4.79 Å². The number of benzene rings is 2. The first kappa shape index (κ1) is 17.9. The van der Waals surface area contributed by atoms with Gasteiger partial charge in [0.1, 0.15) is 0 Å². The standard InChI is InChI=1S/C19H24N6O/c20-9-1-2-15(22)11-23-19(26)18-24-16-8-5-13(10-17(16)25-18)12-3-6-14(21)7-4-12/h3-8,10,15H,1-2,9,11,20-22H2,(H,23,26)(H,24,25). The van der Waals surface area contributed by atoms with Crippen LogP contribution in [0.5, 0.6) is 0 Å². The lowest BCUT2D eigenvalue weighted by Gasteiger charge is -2.11. The normalized spacial score (nSPS) is 12.2. The quantitative estimate of drug-likeness (QED) is 0.412. The molecular formula is C19H24N6O. The van der Waals surface area contributed by atoms with Gasteiger partial charge < -0.3 is 27.5 Å². The van der Waals surface area contributed by atoms with Crippen LogP contribution in [0.2, 0.25) is 0 Å². The second-order valence-electron chi connectivity index (χ2n) is 6.34. The number of anilines is 1. The third-order valence-electron chi connectivity index (χ3n) is 4.24. The van der Waals surface area contributed by atoms with E-state index in [9.17, 15) is 4.79 Å². The van der Waals surface area contributed by atoms with Gasteiger partial charge in [-0.2, -0.15) is 0 Å². The summed E-state index contributed by atoms with van der Waals surface area (Å²) in [6, 6.07) is 13.4. The zero-order valence-corrected chi connectivity index (χ0v) is 14.5. The molecule has 0 aliphatic carbocycles. The number of nitrogens with two attached hydrogens (primary N) is 3. The molecule has 0 bridgehead atoms. The van der Waals surface area contributed by atoms with E-state index in [0.717, 1.165) is 40.7 Å². The van der Waals surface area contributed by atoms with Gasteiger partial charge in [-0.1, -0.05) is 18.2 Å². The molecule has 0 saturated heterocycles. The largest absolute Gasteiger partial charge is 0.399 e. The Balaban J connectivity index is 1.72. The number of rotatable bonds is 7. The number of amides is 1. The van der Waals surface area contributed by atoms with E-state index in [2.05, 4.69) is 15.3 Å². The predicted molar refractivity (Wildman–Crippen MR) is 105 cm³/mol. The topological polar surface area (TPSA) is 136 Å². The first-order valence-electron chi connectivity index (χ1n) is 8.66. The summed E-state index contributed by atoms with van der Waals surface area (Å²) in [6.07, 6.45) is 1.62. The van der Waals surface area contributed by atoms with Crippen molar-refractivity contribution in [3.8, 4) is 11.1 Å². The van der Waals surface area contributed by atoms with Crippen LogP contribution in [0.15, 0.2) is 42.5 Å². The smallest absolute Gasteiger partial charge is 0.287 e. The Morgan fingerprint density at radius 2 is 1.88 bits per heavy atom. The second kappa shape index (κ2) is 7.99. The van der Waals surface area contributed by atoms with Crippen LogP contribution in [0, 0.1) is 0 Å². The van der Waals surface area contributed by atoms with Gasteiger partial charge in [-0.15, -0.1) is 0 Å². The molecule has 1 heterocycles. The molecule has 1 unspecified atom stereocenters. The van der Waals surface area contributed by atoms with Crippen molar-refractivity contribution in [2.24, 2.45) is 11.5 Å². The summed E-state index contributed by atoms with van der Waals surface area (Å²) in [6.45, 7) is 0.994. The highest BCUT2D eigenvalue weighted by Crippen LogP contribution is 2.24. The summed E-state index contributed by atoms with van der Waals surface area (Å²) in [7, 11) is 0. The number of aromatic nitrogens is 2. The maximum Gasteiger partial charge on any atom is 0.287 e. The molecule has 0 radical (unpaired) electrons. The third-order valence-corrected chi connectivity index (χ3v) is 4.24. The Kier molecular flexibility index (Phi) is 5.50. The summed E-state index contributed by atoms with van der Waals surface area (Å²) < 4.78 is 0. The molecule has 0 fully saturated rings. The SMILES string of the molecule is NCCCC(N)CNC(=O)c1nc2ccc(-c3ccc(N)cc3)cc2[nH]1. The Hall–Kier alpha value is -2.90. The van der Waals surface area contributed by atoms with E-state index in [4.69, 9.17) is 17.2 Å². The van der Waals surface area contributed by atoms with Gasteiger partial charge >= 0.3 is 0 Å². The fourth-order valence-electron chi connectivity index (χ4n) is 2.76. The molecular weight excluding hydrogens is 328 g/mol. The van der Waals surface area contributed by atoms with E-state index < -0.39 is 0 Å². The Labute approximate surface area is 152 Å². The number of carbonyl (C=O) groups excluding carboxylic acids is 1. The van der Waals surface area contributed by atoms with Crippen LogP contribution in [-0.4, -0.2) is 35.0 Å². The van der Waals surface area contributed by atoms with Crippen LogP contribution in [0.3, 0.4) is 0 Å². The molecule has 1 atom stereocenters.